The molecule has 0 spiro atoms. The average Bonchev–Trinajstić information content (AvgIpc) is 3.00. The summed E-state index contributed by atoms with van der Waals surface area (Å²) < 4.78 is 6.35. The lowest BCUT2D eigenvalue weighted by Crippen LogP contribution is -2.37. The molecule has 2 unspecified atom stereocenters. The largest absolute Gasteiger partial charge is 0.444 e. The van der Waals surface area contributed by atoms with Crippen LogP contribution in [0.15, 0.2) is 18.5 Å². The molecule has 1 saturated heterocycles. The SMILES string of the molecule is CC(C)(C)OC(=O)N1CC2C(CCNC(=O)c3nc4ccncc4s3)C2C1. The van der Waals surface area contributed by atoms with E-state index in [1.54, 1.807) is 12.4 Å². The van der Waals surface area contributed by atoms with Crippen LogP contribution >= 0.6 is 11.3 Å². The number of pyridine rings is 1. The molecule has 8 heteroatoms. The Morgan fingerprint density at radius 1 is 1.33 bits per heavy atom. The number of fused-ring (bicyclic) bond motifs is 2. The highest BCUT2D eigenvalue weighted by atomic mass is 32.1. The third-order valence-electron chi connectivity index (χ3n) is 5.17. The van der Waals surface area contributed by atoms with Crippen molar-refractivity contribution in [2.45, 2.75) is 32.8 Å². The van der Waals surface area contributed by atoms with Gasteiger partial charge in [-0.3, -0.25) is 9.78 Å². The first-order valence-electron chi connectivity index (χ1n) is 9.28. The molecule has 0 aromatic carbocycles. The van der Waals surface area contributed by atoms with E-state index in [9.17, 15) is 9.59 Å². The van der Waals surface area contributed by atoms with Crippen molar-refractivity contribution in [3.05, 3.63) is 23.5 Å². The van der Waals surface area contributed by atoms with Crippen LogP contribution in [-0.2, 0) is 4.74 Å². The molecule has 144 valence electrons. The highest BCUT2D eigenvalue weighted by Crippen LogP contribution is 2.53. The zero-order chi connectivity index (χ0) is 19.2. The summed E-state index contributed by atoms with van der Waals surface area (Å²) in [6.07, 6.45) is 4.13. The van der Waals surface area contributed by atoms with Gasteiger partial charge in [-0.15, -0.1) is 11.3 Å². The highest BCUT2D eigenvalue weighted by Gasteiger charge is 2.56. The van der Waals surface area contributed by atoms with Crippen molar-refractivity contribution >= 4 is 33.6 Å². The van der Waals surface area contributed by atoms with E-state index in [0.29, 0.717) is 29.3 Å². The number of nitrogens with zero attached hydrogens (tertiary/aromatic N) is 3. The Morgan fingerprint density at radius 2 is 2.07 bits per heavy atom. The summed E-state index contributed by atoms with van der Waals surface area (Å²) in [5.74, 6) is 1.55. The molecule has 1 N–H and O–H groups in total. The number of hydrogen-bond donors (Lipinski definition) is 1. The van der Waals surface area contributed by atoms with Crippen LogP contribution in [0, 0.1) is 17.8 Å². The standard InChI is InChI=1S/C19H24N4O3S/c1-19(2,3)26-18(25)23-9-12-11(13(12)10-23)4-7-21-16(24)17-22-14-5-6-20-8-15(14)27-17/h5-6,8,11-13H,4,7,9-10H2,1-3H3,(H,21,24). The molecule has 0 bridgehead atoms. The van der Waals surface area contributed by atoms with E-state index in [0.717, 1.165) is 29.7 Å². The summed E-state index contributed by atoms with van der Waals surface area (Å²) >= 11 is 1.36. The molecule has 2 aromatic rings. The molecule has 2 amide bonds. The normalized spacial score (nSPS) is 24.0. The van der Waals surface area contributed by atoms with Crippen LogP contribution in [-0.4, -0.2) is 52.1 Å². The average molecular weight is 388 g/mol. The maximum Gasteiger partial charge on any atom is 0.410 e. The number of aromatic nitrogens is 2. The van der Waals surface area contributed by atoms with Gasteiger partial charge in [0.25, 0.3) is 5.91 Å². The fourth-order valence-corrected chi connectivity index (χ4v) is 4.71. The molecule has 0 radical (unpaired) electrons. The summed E-state index contributed by atoms with van der Waals surface area (Å²) in [7, 11) is 0. The highest BCUT2D eigenvalue weighted by molar-refractivity contribution is 7.20. The fourth-order valence-electron chi connectivity index (χ4n) is 3.86. The molecule has 2 atom stereocenters. The van der Waals surface area contributed by atoms with Gasteiger partial charge in [0.2, 0.25) is 0 Å². The molecule has 3 heterocycles. The number of amides is 2. The van der Waals surface area contributed by atoms with Gasteiger partial charge in [-0.25, -0.2) is 9.78 Å². The van der Waals surface area contributed by atoms with Gasteiger partial charge in [-0.05, 0) is 51.0 Å². The van der Waals surface area contributed by atoms with Crippen LogP contribution in [0.25, 0.3) is 10.2 Å². The zero-order valence-corrected chi connectivity index (χ0v) is 16.6. The van der Waals surface area contributed by atoms with E-state index in [-0.39, 0.29) is 12.0 Å². The minimum absolute atomic E-state index is 0.127. The smallest absolute Gasteiger partial charge is 0.410 e. The second-order valence-corrected chi connectivity index (χ2v) is 9.31. The Morgan fingerprint density at radius 3 is 2.74 bits per heavy atom. The van der Waals surface area contributed by atoms with Gasteiger partial charge in [0.05, 0.1) is 10.2 Å². The number of hydrogen-bond acceptors (Lipinski definition) is 6. The van der Waals surface area contributed by atoms with Crippen molar-refractivity contribution < 1.29 is 14.3 Å². The molecule has 1 saturated carbocycles. The van der Waals surface area contributed by atoms with Crippen molar-refractivity contribution in [1.29, 1.82) is 0 Å². The zero-order valence-electron chi connectivity index (χ0n) is 15.8. The van der Waals surface area contributed by atoms with Crippen LogP contribution < -0.4 is 5.32 Å². The minimum Gasteiger partial charge on any atom is -0.444 e. The Balaban J connectivity index is 1.21. The first-order chi connectivity index (χ1) is 12.8. The second-order valence-electron chi connectivity index (χ2n) is 8.28. The lowest BCUT2D eigenvalue weighted by molar-refractivity contribution is 0.0265. The summed E-state index contributed by atoms with van der Waals surface area (Å²) in [5.41, 5.74) is 0.351. The van der Waals surface area contributed by atoms with Crippen LogP contribution in [0.1, 0.15) is 37.0 Å². The summed E-state index contributed by atoms with van der Waals surface area (Å²) in [5, 5.41) is 3.45. The number of ether oxygens (including phenoxy) is 1. The monoisotopic (exact) mass is 388 g/mol. The number of nitrogens with one attached hydrogen (secondary N) is 1. The van der Waals surface area contributed by atoms with E-state index < -0.39 is 5.60 Å². The lowest BCUT2D eigenvalue weighted by Gasteiger charge is -2.25. The molecular weight excluding hydrogens is 364 g/mol. The Bertz CT molecular complexity index is 830. The van der Waals surface area contributed by atoms with E-state index >= 15 is 0 Å². The third kappa shape index (κ3) is 3.90. The number of carbonyl (C=O) groups excluding carboxylic acids is 2. The van der Waals surface area contributed by atoms with Gasteiger partial charge in [0, 0.05) is 32.0 Å². The van der Waals surface area contributed by atoms with Gasteiger partial charge < -0.3 is 15.0 Å². The Kier molecular flexibility index (Phi) is 4.53. The summed E-state index contributed by atoms with van der Waals surface area (Å²) in [6.45, 7) is 7.82. The van der Waals surface area contributed by atoms with E-state index in [1.165, 1.54) is 11.3 Å². The first kappa shape index (κ1) is 18.2. The number of carbonyl (C=O) groups is 2. The number of thiazole rings is 1. The van der Waals surface area contributed by atoms with Gasteiger partial charge in [-0.1, -0.05) is 0 Å². The van der Waals surface area contributed by atoms with Crippen molar-refractivity contribution in [1.82, 2.24) is 20.2 Å². The first-order valence-corrected chi connectivity index (χ1v) is 10.1. The number of piperidine rings is 1. The molecule has 2 aromatic heterocycles. The predicted octanol–water partition coefficient (Wildman–Crippen LogP) is 2.92. The maximum atomic E-state index is 12.3. The maximum absolute atomic E-state index is 12.3. The van der Waals surface area contributed by atoms with Crippen molar-refractivity contribution in [2.75, 3.05) is 19.6 Å². The van der Waals surface area contributed by atoms with Crippen molar-refractivity contribution in [3.63, 3.8) is 0 Å². The summed E-state index contributed by atoms with van der Waals surface area (Å²) in [6, 6.07) is 1.81. The molecular formula is C19H24N4O3S. The molecule has 27 heavy (non-hydrogen) atoms. The van der Waals surface area contributed by atoms with E-state index in [4.69, 9.17) is 4.74 Å². The van der Waals surface area contributed by atoms with Crippen molar-refractivity contribution in [3.8, 4) is 0 Å². The number of rotatable bonds is 4. The third-order valence-corrected chi connectivity index (χ3v) is 6.18. The fraction of sp³-hybridized carbons (Fsp3) is 0.579. The number of likely N-dealkylation sites (tertiary alicyclic amines) is 1. The van der Waals surface area contributed by atoms with Crippen LogP contribution in [0.3, 0.4) is 0 Å². The molecule has 4 rings (SSSR count). The second kappa shape index (κ2) is 6.74. The van der Waals surface area contributed by atoms with Gasteiger partial charge in [0.1, 0.15) is 5.60 Å². The van der Waals surface area contributed by atoms with E-state index in [2.05, 4.69) is 15.3 Å². The lowest BCUT2D eigenvalue weighted by atomic mass is 10.2. The molecule has 1 aliphatic heterocycles. The van der Waals surface area contributed by atoms with Crippen LogP contribution in [0.2, 0.25) is 0 Å². The Labute approximate surface area is 162 Å². The molecule has 7 nitrogen and oxygen atoms in total. The van der Waals surface area contributed by atoms with Crippen molar-refractivity contribution in [2.24, 2.45) is 17.8 Å². The molecule has 1 aliphatic carbocycles. The molecule has 2 fully saturated rings. The van der Waals surface area contributed by atoms with Crippen LogP contribution in [0.5, 0.6) is 0 Å². The van der Waals surface area contributed by atoms with E-state index in [1.807, 2.05) is 31.7 Å². The van der Waals surface area contributed by atoms with Crippen LogP contribution in [0.4, 0.5) is 4.79 Å². The topological polar surface area (TPSA) is 84.4 Å². The quantitative estimate of drug-likeness (QED) is 0.871. The Hall–Kier alpha value is -2.22. The minimum atomic E-state index is -0.454. The van der Waals surface area contributed by atoms with Gasteiger partial charge in [-0.2, -0.15) is 0 Å². The van der Waals surface area contributed by atoms with Gasteiger partial charge >= 0.3 is 6.09 Å². The predicted molar refractivity (Wildman–Crippen MR) is 103 cm³/mol. The van der Waals surface area contributed by atoms with Gasteiger partial charge in [0.15, 0.2) is 5.01 Å². The molecule has 2 aliphatic rings. The summed E-state index contributed by atoms with van der Waals surface area (Å²) in [4.78, 5) is 34.6.